The van der Waals surface area contributed by atoms with E-state index in [4.69, 9.17) is 0 Å². The van der Waals surface area contributed by atoms with E-state index in [0.717, 1.165) is 96.8 Å². The molecule has 1 aromatic heterocycles. The number of aromatic nitrogens is 1. The fourth-order valence-corrected chi connectivity index (χ4v) is 9.61. The lowest BCUT2D eigenvalue weighted by molar-refractivity contribution is 0.627. The molecule has 348 valence electrons. The van der Waals surface area contributed by atoms with Crippen LogP contribution in [0.1, 0.15) is 50.7 Å². The third kappa shape index (κ3) is 9.39. The highest BCUT2D eigenvalue weighted by atomic mass is 19.1. The molecule has 0 bridgehead atoms. The van der Waals surface area contributed by atoms with Crippen LogP contribution < -0.4 is 30.6 Å². The fourth-order valence-electron chi connectivity index (χ4n) is 9.61. The maximum atomic E-state index is 14.1. The summed E-state index contributed by atoms with van der Waals surface area (Å²) in [7, 11) is 0. The Hall–Kier alpha value is -8.42. The van der Waals surface area contributed by atoms with E-state index in [1.54, 1.807) is 18.2 Å². The number of nitrogens with zero attached hydrogens (tertiary/aromatic N) is 4. The molecule has 9 rings (SSSR count). The summed E-state index contributed by atoms with van der Waals surface area (Å²) in [5, 5.41) is 6.35. The summed E-state index contributed by atoms with van der Waals surface area (Å²) in [5.41, 5.74) is 12.4. The van der Waals surface area contributed by atoms with Crippen molar-refractivity contribution in [2.45, 2.75) is 45.6 Å². The second kappa shape index (κ2) is 20.8. The van der Waals surface area contributed by atoms with Crippen molar-refractivity contribution in [3.8, 4) is 5.69 Å². The molecule has 70 heavy (non-hydrogen) atoms. The first-order valence-electron chi connectivity index (χ1n) is 23.8. The number of hydrogen-bond donors (Lipinski definition) is 1. The fraction of sp³-hybridized carbons (Fsp3) is 0.111. The monoisotopic (exact) mass is 921 g/mol. The predicted octanol–water partition coefficient (Wildman–Crippen LogP) is 14.9. The summed E-state index contributed by atoms with van der Waals surface area (Å²) < 4.78 is 30.1. The Kier molecular flexibility index (Phi) is 13.9. The molecule has 0 fully saturated rings. The van der Waals surface area contributed by atoms with Crippen LogP contribution in [-0.2, 0) is 0 Å². The molecule has 0 saturated carbocycles. The van der Waals surface area contributed by atoms with Gasteiger partial charge in [-0.3, -0.25) is 4.90 Å². The summed E-state index contributed by atoms with van der Waals surface area (Å²) in [6, 6.07) is 47.1. The summed E-state index contributed by atoms with van der Waals surface area (Å²) in [5.74, 6) is 0.449. The van der Waals surface area contributed by atoms with E-state index in [-0.39, 0.29) is 23.6 Å². The van der Waals surface area contributed by atoms with Gasteiger partial charge in [0.15, 0.2) is 0 Å². The van der Waals surface area contributed by atoms with E-state index >= 15 is 0 Å². The highest BCUT2D eigenvalue weighted by molar-refractivity contribution is 5.84. The number of nitrogens with one attached hydrogen (secondary N) is 1. The van der Waals surface area contributed by atoms with E-state index in [0.29, 0.717) is 0 Å². The molecular formula is C63H57F2N5. The minimum absolute atomic E-state index is 0.0377. The number of allylic oxidation sites excluding steroid dienone is 10. The third-order valence-electron chi connectivity index (χ3n) is 13.2. The zero-order valence-electron chi connectivity index (χ0n) is 39.9. The second-order valence-electron chi connectivity index (χ2n) is 17.4. The maximum Gasteiger partial charge on any atom is 0.123 e. The number of para-hydroxylation sites is 2. The van der Waals surface area contributed by atoms with Crippen LogP contribution in [0.25, 0.3) is 34.9 Å². The Morgan fingerprint density at radius 2 is 1.44 bits per heavy atom. The largest absolute Gasteiger partial charge is 0.347 e. The van der Waals surface area contributed by atoms with Crippen molar-refractivity contribution < 1.29 is 8.78 Å². The predicted molar refractivity (Wildman–Crippen MR) is 292 cm³/mol. The first kappa shape index (κ1) is 46.7. The standard InChI is InChI=1S/C63H57F2N5/c1-7-10-24-60-45(5)58-42-56(40-41-62(58)70(60)55-38-31-49(65)32-39-55)68(51-19-13-11-14-20-51)54-34-27-47(28-35-54)44(4)26-33-50(8-2)69(52-21-15-12-16-22-52)63(9-3)66-43-59-46(6)67(53-36-29-48(64)30-37-53)61-25-18-17-23-57(59)61/h7-10,12-13,15-43,45,60,66H,1-2,6,11,14H2,3-5H3/b24-10-,44-26+,50-33+,59-43+,63-9+. The second-order valence-corrected chi connectivity index (χ2v) is 17.4. The molecule has 0 radical (unpaired) electrons. The van der Waals surface area contributed by atoms with Crippen molar-refractivity contribution in [2.24, 2.45) is 0 Å². The van der Waals surface area contributed by atoms with Crippen molar-refractivity contribution in [1.82, 2.24) is 9.88 Å². The molecular weight excluding hydrogens is 865 g/mol. The van der Waals surface area contributed by atoms with Crippen LogP contribution in [0.3, 0.4) is 0 Å². The lowest BCUT2D eigenvalue weighted by Gasteiger charge is -2.29. The number of anilines is 5. The van der Waals surface area contributed by atoms with Crippen molar-refractivity contribution in [1.29, 1.82) is 0 Å². The van der Waals surface area contributed by atoms with Crippen LogP contribution in [0.5, 0.6) is 0 Å². The van der Waals surface area contributed by atoms with Crippen LogP contribution in [0.15, 0.2) is 237 Å². The van der Waals surface area contributed by atoms with Gasteiger partial charge in [0.25, 0.3) is 0 Å². The Balaban J connectivity index is 1.03. The summed E-state index contributed by atoms with van der Waals surface area (Å²) in [6.45, 7) is 19.1. The van der Waals surface area contributed by atoms with Crippen LogP contribution in [0.2, 0.25) is 0 Å². The molecule has 2 atom stereocenters. The third-order valence-corrected chi connectivity index (χ3v) is 13.2. The summed E-state index contributed by atoms with van der Waals surface area (Å²) >= 11 is 0. The van der Waals surface area contributed by atoms with E-state index in [1.165, 1.54) is 29.8 Å². The van der Waals surface area contributed by atoms with Gasteiger partial charge in [-0.25, -0.2) is 8.78 Å². The average Bonchev–Trinajstić information content (AvgIpc) is 3.84. The van der Waals surface area contributed by atoms with Gasteiger partial charge in [-0.1, -0.05) is 112 Å². The van der Waals surface area contributed by atoms with Gasteiger partial charge in [-0.15, -0.1) is 0 Å². The van der Waals surface area contributed by atoms with Gasteiger partial charge in [0.1, 0.15) is 17.5 Å². The zero-order chi connectivity index (χ0) is 48.7. The van der Waals surface area contributed by atoms with Crippen LogP contribution in [0.4, 0.5) is 37.2 Å². The van der Waals surface area contributed by atoms with Crippen molar-refractivity contribution in [3.63, 3.8) is 0 Å². The minimum Gasteiger partial charge on any atom is -0.347 e. The highest BCUT2D eigenvalue weighted by Crippen LogP contribution is 2.48. The van der Waals surface area contributed by atoms with Crippen molar-refractivity contribution >= 4 is 57.7 Å². The van der Waals surface area contributed by atoms with Gasteiger partial charge in [0, 0.05) is 73.6 Å². The molecule has 0 amide bonds. The van der Waals surface area contributed by atoms with E-state index in [9.17, 15) is 8.78 Å². The summed E-state index contributed by atoms with van der Waals surface area (Å²) in [4.78, 5) is 6.79. The number of hydrogen-bond acceptors (Lipinski definition) is 4. The Bertz CT molecular complexity index is 3350. The molecule has 2 heterocycles. The van der Waals surface area contributed by atoms with Crippen molar-refractivity contribution in [2.75, 3.05) is 14.7 Å². The molecule has 1 aliphatic heterocycles. The van der Waals surface area contributed by atoms with Crippen LogP contribution in [0, 0.1) is 11.6 Å². The molecule has 7 heteroatoms. The number of rotatable bonds is 15. The average molecular weight is 922 g/mol. The Morgan fingerprint density at radius 1 is 0.757 bits per heavy atom. The number of fused-ring (bicyclic) bond motifs is 2. The number of benzene rings is 6. The number of halogens is 2. The van der Waals surface area contributed by atoms with Crippen LogP contribution in [-0.4, -0.2) is 10.6 Å². The molecule has 1 N–H and O–H groups in total. The Morgan fingerprint density at radius 3 is 2.11 bits per heavy atom. The topological polar surface area (TPSA) is 26.7 Å². The zero-order valence-corrected chi connectivity index (χ0v) is 39.9. The molecule has 0 spiro atoms. The smallest absolute Gasteiger partial charge is 0.123 e. The normalized spacial score (nSPS) is 16.4. The van der Waals surface area contributed by atoms with Crippen molar-refractivity contribution in [3.05, 3.63) is 270 Å². The van der Waals surface area contributed by atoms with Gasteiger partial charge in [0.2, 0.25) is 0 Å². The first-order valence-corrected chi connectivity index (χ1v) is 23.8. The molecule has 6 aromatic carbocycles. The highest BCUT2D eigenvalue weighted by Gasteiger charge is 2.36. The molecule has 1 aliphatic carbocycles. The quantitative estimate of drug-likeness (QED) is 0.104. The van der Waals surface area contributed by atoms with Gasteiger partial charge in [0.05, 0.1) is 11.6 Å². The molecule has 2 unspecified atom stereocenters. The first-order chi connectivity index (χ1) is 34.2. The molecule has 0 saturated heterocycles. The van der Waals surface area contributed by atoms with Gasteiger partial charge in [-0.2, -0.15) is 0 Å². The van der Waals surface area contributed by atoms with Crippen LogP contribution >= 0.6 is 0 Å². The van der Waals surface area contributed by atoms with Gasteiger partial charge in [-0.05, 0) is 165 Å². The lowest BCUT2D eigenvalue weighted by atomic mass is 9.95. The van der Waals surface area contributed by atoms with E-state index in [1.807, 2.05) is 73.8 Å². The SMILES string of the molecule is C=C/C=C\C1C(C)c2cc(N(C3=CCCC=C3)c3ccc(/C(C)=C/C=C(\C=C)N(/C(=C/C)N/C=c4\c(=C)n(-c5ccc(F)cc5)c5ccccc45)c4ccccc4)cc3)ccc2N1c1ccc(F)cc1. The van der Waals surface area contributed by atoms with E-state index in [2.05, 4.69) is 161 Å². The lowest BCUT2D eigenvalue weighted by Crippen LogP contribution is -2.32. The van der Waals surface area contributed by atoms with E-state index < -0.39 is 0 Å². The Labute approximate surface area is 410 Å². The van der Waals surface area contributed by atoms with Gasteiger partial charge < -0.3 is 19.7 Å². The molecule has 5 nitrogen and oxygen atoms in total. The molecule has 2 aliphatic rings. The summed E-state index contributed by atoms with van der Waals surface area (Å²) in [6.07, 6.45) is 24.9. The minimum atomic E-state index is -0.286. The molecule has 7 aromatic rings. The maximum absolute atomic E-state index is 14.1. The van der Waals surface area contributed by atoms with Gasteiger partial charge >= 0.3 is 0 Å².